The van der Waals surface area contributed by atoms with Gasteiger partial charge in [-0.15, -0.1) is 11.3 Å². The Morgan fingerprint density at radius 3 is 2.88 bits per heavy atom. The fourth-order valence-corrected chi connectivity index (χ4v) is 3.11. The molecule has 1 unspecified atom stereocenters. The van der Waals surface area contributed by atoms with E-state index < -0.39 is 0 Å². The van der Waals surface area contributed by atoms with E-state index in [1.54, 1.807) is 11.3 Å². The number of nitrogens with zero attached hydrogens (tertiary/aromatic N) is 1. The largest absolute Gasteiger partial charge is 0.342 e. The van der Waals surface area contributed by atoms with E-state index in [2.05, 4.69) is 29.8 Å². The van der Waals surface area contributed by atoms with Crippen molar-refractivity contribution in [1.82, 2.24) is 10.2 Å². The van der Waals surface area contributed by atoms with Gasteiger partial charge in [-0.1, -0.05) is 13.0 Å². The smallest absolute Gasteiger partial charge is 0.236 e. The lowest BCUT2D eigenvalue weighted by atomic mass is 10.2. The van der Waals surface area contributed by atoms with Crippen molar-refractivity contribution in [2.75, 3.05) is 19.6 Å². The molecule has 0 spiro atoms. The van der Waals surface area contributed by atoms with Gasteiger partial charge in [0, 0.05) is 24.0 Å². The monoisotopic (exact) mass is 252 g/mol. The normalized spacial score (nSPS) is 17.4. The lowest BCUT2D eigenvalue weighted by Crippen LogP contribution is -2.37. The Hall–Kier alpha value is -0.870. The summed E-state index contributed by atoms with van der Waals surface area (Å²) in [6.45, 7) is 4.50. The first-order valence-electron chi connectivity index (χ1n) is 6.36. The molecule has 0 radical (unpaired) electrons. The standard InChI is InChI=1S/C13H20N2OS/c1-2-11(12-6-5-9-17-12)14-10-13(16)15-7-3-4-8-15/h5-6,9,11,14H,2-4,7-8,10H2,1H3. The molecule has 2 heterocycles. The summed E-state index contributed by atoms with van der Waals surface area (Å²) in [6.07, 6.45) is 3.34. The highest BCUT2D eigenvalue weighted by Crippen LogP contribution is 2.21. The lowest BCUT2D eigenvalue weighted by molar-refractivity contribution is -0.129. The van der Waals surface area contributed by atoms with Crippen molar-refractivity contribution in [3.8, 4) is 0 Å². The molecule has 1 amide bonds. The van der Waals surface area contributed by atoms with Crippen molar-refractivity contribution in [2.45, 2.75) is 32.2 Å². The molecule has 1 fully saturated rings. The van der Waals surface area contributed by atoms with E-state index in [9.17, 15) is 4.79 Å². The number of nitrogens with one attached hydrogen (secondary N) is 1. The Morgan fingerprint density at radius 2 is 2.29 bits per heavy atom. The van der Waals surface area contributed by atoms with E-state index in [4.69, 9.17) is 0 Å². The number of thiophene rings is 1. The topological polar surface area (TPSA) is 32.3 Å². The molecule has 1 N–H and O–H groups in total. The summed E-state index contributed by atoms with van der Waals surface area (Å²) in [7, 11) is 0. The van der Waals surface area contributed by atoms with Crippen LogP contribution in [0.5, 0.6) is 0 Å². The van der Waals surface area contributed by atoms with Gasteiger partial charge < -0.3 is 10.2 Å². The maximum atomic E-state index is 11.9. The molecule has 94 valence electrons. The minimum atomic E-state index is 0.248. The van der Waals surface area contributed by atoms with Crippen LogP contribution in [-0.4, -0.2) is 30.4 Å². The molecule has 17 heavy (non-hydrogen) atoms. The average molecular weight is 252 g/mol. The highest BCUT2D eigenvalue weighted by atomic mass is 32.1. The Kier molecular flexibility index (Phi) is 4.57. The van der Waals surface area contributed by atoms with E-state index in [0.29, 0.717) is 12.6 Å². The van der Waals surface area contributed by atoms with Gasteiger partial charge in [0.05, 0.1) is 6.54 Å². The quantitative estimate of drug-likeness (QED) is 0.873. The van der Waals surface area contributed by atoms with E-state index in [1.807, 2.05) is 4.90 Å². The van der Waals surface area contributed by atoms with Gasteiger partial charge in [0.2, 0.25) is 5.91 Å². The SMILES string of the molecule is CCC(NCC(=O)N1CCCC1)c1cccs1. The van der Waals surface area contributed by atoms with Crippen molar-refractivity contribution in [1.29, 1.82) is 0 Å². The van der Waals surface area contributed by atoms with Crippen molar-refractivity contribution >= 4 is 17.2 Å². The number of rotatable bonds is 5. The Labute approximate surface area is 107 Å². The molecule has 2 rings (SSSR count). The summed E-state index contributed by atoms with van der Waals surface area (Å²) in [5, 5.41) is 5.45. The first-order chi connectivity index (χ1) is 8.31. The third-order valence-corrected chi connectivity index (χ3v) is 4.24. The molecular weight excluding hydrogens is 232 g/mol. The zero-order valence-electron chi connectivity index (χ0n) is 10.3. The number of hydrogen-bond acceptors (Lipinski definition) is 3. The Bertz CT molecular complexity index is 344. The number of carbonyl (C=O) groups is 1. The summed E-state index contributed by atoms with van der Waals surface area (Å²) < 4.78 is 0. The maximum absolute atomic E-state index is 11.9. The predicted molar refractivity (Wildman–Crippen MR) is 71.2 cm³/mol. The molecule has 1 aliphatic heterocycles. The first kappa shape index (κ1) is 12.6. The minimum Gasteiger partial charge on any atom is -0.342 e. The summed E-state index contributed by atoms with van der Waals surface area (Å²) in [5.41, 5.74) is 0. The molecule has 0 saturated carbocycles. The van der Waals surface area contributed by atoms with E-state index in [0.717, 1.165) is 32.4 Å². The van der Waals surface area contributed by atoms with Gasteiger partial charge >= 0.3 is 0 Å². The van der Waals surface area contributed by atoms with Crippen molar-refractivity contribution in [3.63, 3.8) is 0 Å². The molecule has 3 nitrogen and oxygen atoms in total. The Balaban J connectivity index is 1.81. The summed E-state index contributed by atoms with van der Waals surface area (Å²) in [6, 6.07) is 4.51. The van der Waals surface area contributed by atoms with Gasteiger partial charge in [-0.05, 0) is 30.7 Å². The second-order valence-corrected chi connectivity index (χ2v) is 5.42. The van der Waals surface area contributed by atoms with E-state index in [1.165, 1.54) is 4.88 Å². The van der Waals surface area contributed by atoms with Crippen LogP contribution < -0.4 is 5.32 Å². The predicted octanol–water partition coefficient (Wildman–Crippen LogP) is 2.41. The van der Waals surface area contributed by atoms with Crippen LogP contribution in [0, 0.1) is 0 Å². The fraction of sp³-hybridized carbons (Fsp3) is 0.615. The minimum absolute atomic E-state index is 0.248. The molecule has 0 bridgehead atoms. The first-order valence-corrected chi connectivity index (χ1v) is 7.23. The van der Waals surface area contributed by atoms with Gasteiger partial charge in [0.1, 0.15) is 0 Å². The van der Waals surface area contributed by atoms with E-state index in [-0.39, 0.29) is 5.91 Å². The molecule has 4 heteroatoms. The summed E-state index contributed by atoms with van der Waals surface area (Å²) >= 11 is 1.75. The second kappa shape index (κ2) is 6.17. The van der Waals surface area contributed by atoms with Crippen LogP contribution in [0.1, 0.15) is 37.1 Å². The Morgan fingerprint density at radius 1 is 1.53 bits per heavy atom. The van der Waals surface area contributed by atoms with Gasteiger partial charge in [-0.25, -0.2) is 0 Å². The maximum Gasteiger partial charge on any atom is 0.236 e. The third kappa shape index (κ3) is 3.30. The van der Waals surface area contributed by atoms with Gasteiger partial charge in [0.25, 0.3) is 0 Å². The molecular formula is C13H20N2OS. The van der Waals surface area contributed by atoms with Crippen molar-refractivity contribution < 1.29 is 4.79 Å². The van der Waals surface area contributed by atoms with E-state index >= 15 is 0 Å². The molecule has 1 aromatic rings. The summed E-state index contributed by atoms with van der Waals surface area (Å²) in [4.78, 5) is 15.2. The number of likely N-dealkylation sites (tertiary alicyclic amines) is 1. The molecule has 1 aliphatic rings. The fourth-order valence-electron chi connectivity index (χ4n) is 2.22. The summed E-state index contributed by atoms with van der Waals surface area (Å²) in [5.74, 6) is 0.248. The third-order valence-electron chi connectivity index (χ3n) is 3.25. The number of hydrogen-bond donors (Lipinski definition) is 1. The van der Waals surface area contributed by atoms with Crippen LogP contribution in [0.25, 0.3) is 0 Å². The number of carbonyl (C=O) groups excluding carboxylic acids is 1. The average Bonchev–Trinajstić information content (AvgIpc) is 3.02. The van der Waals surface area contributed by atoms with Gasteiger partial charge in [0.15, 0.2) is 0 Å². The van der Waals surface area contributed by atoms with Gasteiger partial charge in [-0.2, -0.15) is 0 Å². The molecule has 1 atom stereocenters. The van der Waals surface area contributed by atoms with Crippen LogP contribution >= 0.6 is 11.3 Å². The van der Waals surface area contributed by atoms with Crippen LogP contribution in [-0.2, 0) is 4.79 Å². The van der Waals surface area contributed by atoms with Crippen molar-refractivity contribution in [3.05, 3.63) is 22.4 Å². The van der Waals surface area contributed by atoms with Crippen LogP contribution in [0.2, 0.25) is 0 Å². The molecule has 0 aromatic carbocycles. The highest BCUT2D eigenvalue weighted by molar-refractivity contribution is 7.10. The zero-order valence-corrected chi connectivity index (χ0v) is 11.1. The van der Waals surface area contributed by atoms with Gasteiger partial charge in [-0.3, -0.25) is 4.79 Å². The number of amides is 1. The zero-order chi connectivity index (χ0) is 12.1. The van der Waals surface area contributed by atoms with Crippen molar-refractivity contribution in [2.24, 2.45) is 0 Å². The molecule has 1 saturated heterocycles. The molecule has 0 aliphatic carbocycles. The van der Waals surface area contributed by atoms with Crippen LogP contribution in [0.3, 0.4) is 0 Å². The second-order valence-electron chi connectivity index (χ2n) is 4.45. The molecule has 1 aromatic heterocycles. The van der Waals surface area contributed by atoms with Crippen LogP contribution in [0.4, 0.5) is 0 Å². The highest BCUT2D eigenvalue weighted by Gasteiger charge is 2.19. The lowest BCUT2D eigenvalue weighted by Gasteiger charge is -2.19. The van der Waals surface area contributed by atoms with Crippen LogP contribution in [0.15, 0.2) is 17.5 Å².